The molecule has 0 saturated carbocycles. The van der Waals surface area contributed by atoms with Crippen LogP contribution in [0.15, 0.2) is 47.2 Å². The van der Waals surface area contributed by atoms with Crippen molar-refractivity contribution in [3.63, 3.8) is 0 Å². The van der Waals surface area contributed by atoms with Crippen LogP contribution in [0.4, 0.5) is 0 Å². The smallest absolute Gasteiger partial charge is 0.358 e. The highest BCUT2D eigenvalue weighted by atomic mass is 32.1. The third-order valence-corrected chi connectivity index (χ3v) is 5.28. The molecule has 124 valence electrons. The van der Waals surface area contributed by atoms with Gasteiger partial charge in [-0.25, -0.2) is 9.78 Å². The zero-order valence-corrected chi connectivity index (χ0v) is 15.0. The number of hydrogen-bond acceptors (Lipinski definition) is 6. The molecule has 0 N–H and O–H groups in total. The van der Waals surface area contributed by atoms with E-state index in [1.54, 1.807) is 16.7 Å². The number of thiazole rings is 1. The highest BCUT2D eigenvalue weighted by molar-refractivity contribution is 7.13. The lowest BCUT2D eigenvalue weighted by Gasteiger charge is -2.09. The van der Waals surface area contributed by atoms with Crippen LogP contribution in [0.1, 0.15) is 35.3 Å². The summed E-state index contributed by atoms with van der Waals surface area (Å²) in [6.45, 7) is 4.45. The van der Waals surface area contributed by atoms with Gasteiger partial charge in [-0.05, 0) is 49.6 Å². The standard InChI is InChI=1S/C18H17NO3S2/c1-3-21-14-8-6-13(7-9-14)17-19-15(11-24-17)18(20)22-12(2)16-5-4-10-23-16/h4-12H,3H2,1-2H3. The second-order valence-corrected chi connectivity index (χ2v) is 6.90. The van der Waals surface area contributed by atoms with Crippen LogP contribution in [0.25, 0.3) is 10.6 Å². The number of nitrogens with zero attached hydrogens (tertiary/aromatic N) is 1. The van der Waals surface area contributed by atoms with E-state index in [0.29, 0.717) is 12.3 Å². The van der Waals surface area contributed by atoms with Gasteiger partial charge in [0.2, 0.25) is 0 Å². The summed E-state index contributed by atoms with van der Waals surface area (Å²) in [6.07, 6.45) is -0.270. The summed E-state index contributed by atoms with van der Waals surface area (Å²) in [7, 11) is 0. The van der Waals surface area contributed by atoms with E-state index in [1.165, 1.54) is 11.3 Å². The molecule has 0 aliphatic carbocycles. The molecule has 0 aliphatic rings. The number of ether oxygens (including phenoxy) is 2. The van der Waals surface area contributed by atoms with E-state index < -0.39 is 5.97 Å². The van der Waals surface area contributed by atoms with Crippen molar-refractivity contribution in [3.8, 4) is 16.3 Å². The molecule has 0 spiro atoms. The zero-order chi connectivity index (χ0) is 16.9. The minimum absolute atomic E-state index is 0.270. The predicted molar refractivity (Wildman–Crippen MR) is 96.9 cm³/mol. The normalized spacial score (nSPS) is 11.9. The maximum atomic E-state index is 12.2. The monoisotopic (exact) mass is 359 g/mol. The molecule has 0 radical (unpaired) electrons. The van der Waals surface area contributed by atoms with Gasteiger partial charge >= 0.3 is 5.97 Å². The molecule has 0 aliphatic heterocycles. The first kappa shape index (κ1) is 16.7. The van der Waals surface area contributed by atoms with Crippen LogP contribution in [0.3, 0.4) is 0 Å². The van der Waals surface area contributed by atoms with Crippen molar-refractivity contribution < 1.29 is 14.3 Å². The van der Waals surface area contributed by atoms with Crippen molar-refractivity contribution in [3.05, 3.63) is 57.7 Å². The Labute approximate surface area is 148 Å². The molecular weight excluding hydrogens is 342 g/mol. The number of hydrogen-bond donors (Lipinski definition) is 0. The molecule has 24 heavy (non-hydrogen) atoms. The molecule has 0 saturated heterocycles. The number of carbonyl (C=O) groups is 1. The van der Waals surface area contributed by atoms with Crippen LogP contribution in [-0.2, 0) is 4.74 Å². The van der Waals surface area contributed by atoms with Gasteiger partial charge < -0.3 is 9.47 Å². The first-order valence-electron chi connectivity index (χ1n) is 7.60. The Bertz CT molecular complexity index is 794. The summed E-state index contributed by atoms with van der Waals surface area (Å²) in [5.74, 6) is 0.423. The number of carbonyl (C=O) groups excluding carboxylic acids is 1. The van der Waals surface area contributed by atoms with Gasteiger partial charge in [-0.15, -0.1) is 22.7 Å². The lowest BCUT2D eigenvalue weighted by atomic mass is 10.2. The van der Waals surface area contributed by atoms with Gasteiger partial charge in [0.25, 0.3) is 0 Å². The molecule has 4 nitrogen and oxygen atoms in total. The fourth-order valence-electron chi connectivity index (χ4n) is 2.16. The average molecular weight is 359 g/mol. The zero-order valence-electron chi connectivity index (χ0n) is 13.4. The Morgan fingerprint density at radius 3 is 2.67 bits per heavy atom. The van der Waals surface area contributed by atoms with E-state index in [-0.39, 0.29) is 6.10 Å². The van der Waals surface area contributed by atoms with E-state index in [2.05, 4.69) is 4.98 Å². The topological polar surface area (TPSA) is 48.4 Å². The summed E-state index contributed by atoms with van der Waals surface area (Å²) < 4.78 is 10.9. The van der Waals surface area contributed by atoms with Crippen molar-refractivity contribution in [2.75, 3.05) is 6.61 Å². The van der Waals surface area contributed by atoms with Crippen LogP contribution in [0, 0.1) is 0 Å². The molecule has 2 aromatic heterocycles. The Balaban J connectivity index is 1.69. The van der Waals surface area contributed by atoms with Crippen LogP contribution >= 0.6 is 22.7 Å². The summed E-state index contributed by atoms with van der Waals surface area (Å²) in [5.41, 5.74) is 1.29. The predicted octanol–water partition coefficient (Wildman–Crippen LogP) is 5.19. The van der Waals surface area contributed by atoms with Crippen LogP contribution < -0.4 is 4.74 Å². The molecule has 6 heteroatoms. The number of esters is 1. The van der Waals surface area contributed by atoms with Gasteiger partial charge in [-0.3, -0.25) is 0 Å². The molecule has 1 unspecified atom stereocenters. The minimum atomic E-state index is -0.399. The van der Waals surface area contributed by atoms with Gasteiger partial charge in [0.1, 0.15) is 16.9 Å². The summed E-state index contributed by atoms with van der Waals surface area (Å²) in [4.78, 5) is 17.7. The molecule has 3 aromatic rings. The third-order valence-electron chi connectivity index (χ3n) is 3.35. The fourth-order valence-corrected chi connectivity index (χ4v) is 3.67. The summed E-state index contributed by atoms with van der Waals surface area (Å²) >= 11 is 2.99. The quantitative estimate of drug-likeness (QED) is 0.568. The second-order valence-electron chi connectivity index (χ2n) is 5.06. The maximum absolute atomic E-state index is 12.2. The molecule has 0 fully saturated rings. The number of rotatable bonds is 6. The second kappa shape index (κ2) is 7.59. The number of thiophene rings is 1. The molecule has 0 amide bonds. The van der Waals surface area contributed by atoms with Crippen molar-refractivity contribution in [1.29, 1.82) is 0 Å². The highest BCUT2D eigenvalue weighted by Crippen LogP contribution is 2.27. The molecule has 3 rings (SSSR count). The van der Waals surface area contributed by atoms with Crippen LogP contribution in [0.5, 0.6) is 5.75 Å². The molecule has 0 bridgehead atoms. The van der Waals surface area contributed by atoms with Gasteiger partial charge in [0.15, 0.2) is 5.69 Å². The van der Waals surface area contributed by atoms with Crippen molar-refractivity contribution in [1.82, 2.24) is 4.98 Å². The first-order chi connectivity index (χ1) is 11.7. The van der Waals surface area contributed by atoms with Gasteiger partial charge in [-0.2, -0.15) is 0 Å². The van der Waals surface area contributed by atoms with E-state index >= 15 is 0 Å². The van der Waals surface area contributed by atoms with Crippen molar-refractivity contribution in [2.24, 2.45) is 0 Å². The fraction of sp³-hybridized carbons (Fsp3) is 0.222. The lowest BCUT2D eigenvalue weighted by Crippen LogP contribution is -2.08. The Morgan fingerprint density at radius 2 is 2.00 bits per heavy atom. The average Bonchev–Trinajstić information content (AvgIpc) is 3.28. The van der Waals surface area contributed by atoms with Gasteiger partial charge in [0.05, 0.1) is 6.61 Å². The molecule has 2 heterocycles. The molecular formula is C18H17NO3S2. The van der Waals surface area contributed by atoms with E-state index in [4.69, 9.17) is 9.47 Å². The molecule has 1 atom stereocenters. The molecule has 1 aromatic carbocycles. The van der Waals surface area contributed by atoms with Crippen LogP contribution in [-0.4, -0.2) is 17.6 Å². The summed E-state index contributed by atoms with van der Waals surface area (Å²) in [6, 6.07) is 11.6. The van der Waals surface area contributed by atoms with Crippen molar-refractivity contribution in [2.45, 2.75) is 20.0 Å². The van der Waals surface area contributed by atoms with Gasteiger partial charge in [0, 0.05) is 15.8 Å². The maximum Gasteiger partial charge on any atom is 0.358 e. The van der Waals surface area contributed by atoms with Crippen LogP contribution in [0.2, 0.25) is 0 Å². The largest absolute Gasteiger partial charge is 0.494 e. The summed E-state index contributed by atoms with van der Waals surface area (Å²) in [5, 5.41) is 4.48. The van der Waals surface area contributed by atoms with Gasteiger partial charge in [-0.1, -0.05) is 6.07 Å². The van der Waals surface area contributed by atoms with Crippen molar-refractivity contribution >= 4 is 28.6 Å². The lowest BCUT2D eigenvalue weighted by molar-refractivity contribution is 0.0339. The number of aromatic nitrogens is 1. The van der Waals surface area contributed by atoms with E-state index in [0.717, 1.165) is 21.2 Å². The SMILES string of the molecule is CCOc1ccc(-c2nc(C(=O)OC(C)c3cccs3)cs2)cc1. The first-order valence-corrected chi connectivity index (χ1v) is 9.36. The Kier molecular flexibility index (Phi) is 5.27. The Morgan fingerprint density at radius 1 is 1.21 bits per heavy atom. The number of benzene rings is 1. The Hall–Kier alpha value is -2.18. The van der Waals surface area contributed by atoms with E-state index in [9.17, 15) is 4.79 Å². The minimum Gasteiger partial charge on any atom is -0.494 e. The highest BCUT2D eigenvalue weighted by Gasteiger charge is 2.17. The van der Waals surface area contributed by atoms with E-state index in [1.807, 2.05) is 55.6 Å². The third kappa shape index (κ3) is 3.83.